The predicted octanol–water partition coefficient (Wildman–Crippen LogP) is 3.76. The minimum atomic E-state index is -0.980. The van der Waals surface area contributed by atoms with Crippen LogP contribution in [0.15, 0.2) is 24.3 Å². The molecule has 110 valence electrons. The Bertz CT molecular complexity index is 664. The molecular weight excluding hydrogens is 292 g/mol. The molecule has 0 spiro atoms. The third-order valence-corrected chi connectivity index (χ3v) is 4.12. The van der Waals surface area contributed by atoms with Gasteiger partial charge < -0.3 is 5.11 Å². The van der Waals surface area contributed by atoms with Crippen molar-refractivity contribution < 1.29 is 14.8 Å². The zero-order valence-electron chi connectivity index (χ0n) is 11.4. The molecule has 1 heterocycles. The van der Waals surface area contributed by atoms with Gasteiger partial charge in [0.1, 0.15) is 9.88 Å². The topological polar surface area (TPSA) is 93.3 Å². The summed E-state index contributed by atoms with van der Waals surface area (Å²) in [6.45, 7) is 2.03. The van der Waals surface area contributed by atoms with Crippen LogP contribution in [-0.4, -0.2) is 21.0 Å². The standard InChI is InChI=1S/C14H14N2O4S/c1-2-3-4-11-12(14(17)18)21-13(15-11)9-5-7-10(8-6-9)16(19)20/h5-8H,2-4H2,1H3,(H,17,18). The number of aromatic carboxylic acids is 1. The highest BCUT2D eigenvalue weighted by Gasteiger charge is 2.18. The monoisotopic (exact) mass is 306 g/mol. The fourth-order valence-corrected chi connectivity index (χ4v) is 2.84. The Morgan fingerprint density at radius 1 is 1.38 bits per heavy atom. The van der Waals surface area contributed by atoms with E-state index in [4.69, 9.17) is 0 Å². The Hall–Kier alpha value is -2.28. The third kappa shape index (κ3) is 3.43. The molecule has 0 aliphatic rings. The normalized spacial score (nSPS) is 10.5. The summed E-state index contributed by atoms with van der Waals surface area (Å²) in [5.41, 5.74) is 1.28. The number of unbranched alkanes of at least 4 members (excludes halogenated alkanes) is 1. The Labute approximate surface area is 125 Å². The molecule has 0 radical (unpaired) electrons. The quantitative estimate of drug-likeness (QED) is 0.648. The van der Waals surface area contributed by atoms with Crippen molar-refractivity contribution in [2.24, 2.45) is 0 Å². The van der Waals surface area contributed by atoms with E-state index in [2.05, 4.69) is 4.98 Å². The van der Waals surface area contributed by atoms with Crippen molar-refractivity contribution in [3.05, 3.63) is 45.0 Å². The molecule has 2 rings (SSSR count). The number of aromatic nitrogens is 1. The summed E-state index contributed by atoms with van der Waals surface area (Å²) in [6.07, 6.45) is 2.47. The molecule has 0 amide bonds. The molecule has 2 aromatic rings. The lowest BCUT2D eigenvalue weighted by molar-refractivity contribution is -0.384. The van der Waals surface area contributed by atoms with E-state index in [1.54, 1.807) is 12.1 Å². The van der Waals surface area contributed by atoms with Gasteiger partial charge >= 0.3 is 5.97 Å². The van der Waals surface area contributed by atoms with Crippen LogP contribution in [0, 0.1) is 10.1 Å². The predicted molar refractivity (Wildman–Crippen MR) is 79.8 cm³/mol. The van der Waals surface area contributed by atoms with E-state index >= 15 is 0 Å². The Morgan fingerprint density at radius 3 is 2.57 bits per heavy atom. The number of nitro groups is 1. The van der Waals surface area contributed by atoms with Crippen LogP contribution in [0.2, 0.25) is 0 Å². The van der Waals surface area contributed by atoms with Crippen molar-refractivity contribution in [1.82, 2.24) is 4.98 Å². The third-order valence-electron chi connectivity index (χ3n) is 2.98. The van der Waals surface area contributed by atoms with Crippen LogP contribution in [0.4, 0.5) is 5.69 Å². The van der Waals surface area contributed by atoms with Gasteiger partial charge in [-0.1, -0.05) is 13.3 Å². The number of hydrogen-bond donors (Lipinski definition) is 1. The van der Waals surface area contributed by atoms with Gasteiger partial charge in [-0.3, -0.25) is 10.1 Å². The molecular formula is C14H14N2O4S. The number of non-ortho nitro benzene ring substituents is 1. The van der Waals surface area contributed by atoms with Gasteiger partial charge in [-0.25, -0.2) is 9.78 Å². The van der Waals surface area contributed by atoms with Gasteiger partial charge in [0.25, 0.3) is 5.69 Å². The summed E-state index contributed by atoms with van der Waals surface area (Å²) in [5.74, 6) is -0.980. The number of benzene rings is 1. The first kappa shape index (κ1) is 15.1. The summed E-state index contributed by atoms with van der Waals surface area (Å²) in [5, 5.41) is 20.4. The molecule has 6 nitrogen and oxygen atoms in total. The summed E-state index contributed by atoms with van der Waals surface area (Å²) >= 11 is 1.10. The minimum Gasteiger partial charge on any atom is -0.477 e. The van der Waals surface area contributed by atoms with Gasteiger partial charge in [0.2, 0.25) is 0 Å². The maximum absolute atomic E-state index is 11.3. The number of thiazole rings is 1. The number of hydrogen-bond acceptors (Lipinski definition) is 5. The van der Waals surface area contributed by atoms with Crippen molar-refractivity contribution in [3.8, 4) is 10.6 Å². The summed E-state index contributed by atoms with van der Waals surface area (Å²) in [4.78, 5) is 26.0. The molecule has 0 aliphatic heterocycles. The van der Waals surface area contributed by atoms with Gasteiger partial charge in [0.05, 0.1) is 10.6 Å². The number of carboxylic acid groups (broad SMARTS) is 1. The lowest BCUT2D eigenvalue weighted by Gasteiger charge is -1.96. The molecule has 1 N–H and O–H groups in total. The fourth-order valence-electron chi connectivity index (χ4n) is 1.88. The number of carboxylic acids is 1. The Kier molecular flexibility index (Phi) is 4.64. The summed E-state index contributed by atoms with van der Waals surface area (Å²) in [7, 11) is 0. The second-order valence-corrected chi connectivity index (χ2v) is 5.51. The second-order valence-electron chi connectivity index (χ2n) is 4.51. The van der Waals surface area contributed by atoms with E-state index in [0.717, 1.165) is 24.2 Å². The zero-order chi connectivity index (χ0) is 15.4. The van der Waals surface area contributed by atoms with Crippen LogP contribution in [0.5, 0.6) is 0 Å². The van der Waals surface area contributed by atoms with Crippen molar-refractivity contribution in [3.63, 3.8) is 0 Å². The number of rotatable bonds is 6. The summed E-state index contributed by atoms with van der Waals surface area (Å²) < 4.78 is 0. The van der Waals surface area contributed by atoms with E-state index in [1.807, 2.05) is 6.92 Å². The molecule has 0 bridgehead atoms. The molecule has 0 aliphatic carbocycles. The minimum absolute atomic E-state index is 0.0000272. The lowest BCUT2D eigenvalue weighted by atomic mass is 10.2. The van der Waals surface area contributed by atoms with Gasteiger partial charge in [-0.2, -0.15) is 0 Å². The molecule has 0 saturated carbocycles. The smallest absolute Gasteiger partial charge is 0.347 e. The summed E-state index contributed by atoms with van der Waals surface area (Å²) in [6, 6.07) is 5.96. The SMILES string of the molecule is CCCCc1nc(-c2ccc([N+](=O)[O-])cc2)sc1C(=O)O. The zero-order valence-corrected chi connectivity index (χ0v) is 12.2. The van der Waals surface area contributed by atoms with E-state index in [1.165, 1.54) is 12.1 Å². The molecule has 1 aromatic heterocycles. The lowest BCUT2D eigenvalue weighted by Crippen LogP contribution is -1.98. The van der Waals surface area contributed by atoms with Crippen molar-refractivity contribution in [2.75, 3.05) is 0 Å². The molecule has 0 unspecified atom stereocenters. The van der Waals surface area contributed by atoms with Crippen molar-refractivity contribution >= 4 is 23.0 Å². The van der Waals surface area contributed by atoms with E-state index in [9.17, 15) is 20.0 Å². The Balaban J connectivity index is 2.35. The average molecular weight is 306 g/mol. The highest BCUT2D eigenvalue weighted by Crippen LogP contribution is 2.30. The first-order valence-electron chi connectivity index (χ1n) is 6.50. The van der Waals surface area contributed by atoms with Crippen LogP contribution in [0.3, 0.4) is 0 Å². The van der Waals surface area contributed by atoms with Crippen LogP contribution in [0.25, 0.3) is 10.6 Å². The second kappa shape index (κ2) is 6.45. The van der Waals surface area contributed by atoms with Crippen LogP contribution in [-0.2, 0) is 6.42 Å². The number of carbonyl (C=O) groups is 1. The van der Waals surface area contributed by atoms with Crippen molar-refractivity contribution in [2.45, 2.75) is 26.2 Å². The maximum atomic E-state index is 11.3. The molecule has 0 fully saturated rings. The first-order chi connectivity index (χ1) is 10.0. The first-order valence-corrected chi connectivity index (χ1v) is 7.32. The molecule has 0 saturated heterocycles. The Morgan fingerprint density at radius 2 is 2.05 bits per heavy atom. The number of aryl methyl sites for hydroxylation is 1. The fraction of sp³-hybridized carbons (Fsp3) is 0.286. The maximum Gasteiger partial charge on any atom is 0.347 e. The number of nitro benzene ring substituents is 1. The van der Waals surface area contributed by atoms with Gasteiger partial charge in [0.15, 0.2) is 0 Å². The largest absolute Gasteiger partial charge is 0.477 e. The van der Waals surface area contributed by atoms with E-state index in [-0.39, 0.29) is 10.6 Å². The van der Waals surface area contributed by atoms with Crippen LogP contribution >= 0.6 is 11.3 Å². The molecule has 1 aromatic carbocycles. The molecule has 0 atom stereocenters. The van der Waals surface area contributed by atoms with Crippen LogP contribution < -0.4 is 0 Å². The molecule has 7 heteroatoms. The van der Waals surface area contributed by atoms with Gasteiger partial charge in [-0.15, -0.1) is 11.3 Å². The highest BCUT2D eigenvalue weighted by molar-refractivity contribution is 7.17. The highest BCUT2D eigenvalue weighted by atomic mass is 32.1. The number of nitrogens with zero attached hydrogens (tertiary/aromatic N) is 2. The van der Waals surface area contributed by atoms with Gasteiger partial charge in [-0.05, 0) is 25.0 Å². The van der Waals surface area contributed by atoms with Crippen molar-refractivity contribution in [1.29, 1.82) is 0 Å². The van der Waals surface area contributed by atoms with Gasteiger partial charge in [0, 0.05) is 17.7 Å². The van der Waals surface area contributed by atoms with E-state index < -0.39 is 10.9 Å². The average Bonchev–Trinajstić information content (AvgIpc) is 2.89. The van der Waals surface area contributed by atoms with E-state index in [0.29, 0.717) is 22.7 Å². The molecule has 21 heavy (non-hydrogen) atoms. The van der Waals surface area contributed by atoms with Crippen LogP contribution in [0.1, 0.15) is 35.1 Å².